The molecule has 0 radical (unpaired) electrons. The molecule has 0 aliphatic rings. The van der Waals surface area contributed by atoms with Crippen LogP contribution in [0.4, 0.5) is 20.2 Å². The first kappa shape index (κ1) is 18.9. The van der Waals surface area contributed by atoms with E-state index in [2.05, 4.69) is 25.4 Å². The Morgan fingerprint density at radius 2 is 1.93 bits per heavy atom. The van der Waals surface area contributed by atoms with Gasteiger partial charge >= 0.3 is 0 Å². The molecule has 2 N–H and O–H groups in total. The molecule has 0 saturated heterocycles. The quantitative estimate of drug-likeness (QED) is 0.536. The third-order valence-electron chi connectivity index (χ3n) is 4.33. The number of nitrogens with one attached hydrogen (secondary N) is 1. The fraction of sp³-hybridized carbons (Fsp3) is 0.200. The molecule has 4 aromatic rings. The molecule has 0 saturated carbocycles. The molecule has 0 unspecified atom stereocenters. The zero-order valence-corrected chi connectivity index (χ0v) is 15.8. The average Bonchev–Trinajstić information content (AvgIpc) is 3.09. The Balaban J connectivity index is 1.86. The van der Waals surface area contributed by atoms with Crippen molar-refractivity contribution in [2.24, 2.45) is 0 Å². The third-order valence-corrected chi connectivity index (χ3v) is 4.33. The molecule has 0 spiro atoms. The van der Waals surface area contributed by atoms with Crippen molar-refractivity contribution in [1.29, 1.82) is 0 Å². The van der Waals surface area contributed by atoms with Crippen LogP contribution < -0.4 is 5.32 Å². The second kappa shape index (κ2) is 7.51. The summed E-state index contributed by atoms with van der Waals surface area (Å²) in [5.74, 6) is -1.14. The van der Waals surface area contributed by atoms with Crippen LogP contribution in [0.25, 0.3) is 22.4 Å². The topological polar surface area (TPSA) is 88.8 Å². The smallest absolute Gasteiger partial charge is 0.167 e. The molecule has 1 atom stereocenters. The molecular formula is C20H18F2N6O. The zero-order chi connectivity index (χ0) is 20.5. The fourth-order valence-corrected chi connectivity index (χ4v) is 3.07. The number of nitrogens with zero attached hydrogens (tertiary/aromatic N) is 5. The second-order valence-electron chi connectivity index (χ2n) is 6.70. The third kappa shape index (κ3) is 3.64. The monoisotopic (exact) mass is 396 g/mol. The van der Waals surface area contributed by atoms with Gasteiger partial charge in [0.25, 0.3) is 0 Å². The van der Waals surface area contributed by atoms with Crippen molar-refractivity contribution < 1.29 is 13.9 Å². The van der Waals surface area contributed by atoms with Crippen LogP contribution in [0, 0.1) is 18.6 Å². The van der Waals surface area contributed by atoms with Gasteiger partial charge in [-0.3, -0.25) is 9.67 Å². The summed E-state index contributed by atoms with van der Waals surface area (Å²) in [5.41, 5.74) is 2.27. The first-order chi connectivity index (χ1) is 13.9. The van der Waals surface area contributed by atoms with Crippen molar-refractivity contribution in [1.82, 2.24) is 24.7 Å². The summed E-state index contributed by atoms with van der Waals surface area (Å²) in [4.78, 5) is 12.5. The Bertz CT molecular complexity index is 1190. The lowest BCUT2D eigenvalue weighted by Crippen LogP contribution is -2.13. The predicted octanol–water partition coefficient (Wildman–Crippen LogP) is 3.60. The molecule has 0 aliphatic carbocycles. The molecule has 0 fully saturated rings. The summed E-state index contributed by atoms with van der Waals surface area (Å²) >= 11 is 0. The number of rotatable bonds is 5. The van der Waals surface area contributed by atoms with Crippen LogP contribution in [-0.2, 0) is 6.54 Å². The number of aromatic nitrogens is 5. The Labute approximate surface area is 165 Å². The Kier molecular flexibility index (Phi) is 4.89. The van der Waals surface area contributed by atoms with Crippen molar-refractivity contribution in [2.45, 2.75) is 26.5 Å². The van der Waals surface area contributed by atoms with Gasteiger partial charge in [0, 0.05) is 11.9 Å². The highest BCUT2D eigenvalue weighted by molar-refractivity contribution is 5.91. The van der Waals surface area contributed by atoms with Crippen molar-refractivity contribution in [3.05, 3.63) is 60.2 Å². The van der Waals surface area contributed by atoms with E-state index in [1.807, 2.05) is 0 Å². The summed E-state index contributed by atoms with van der Waals surface area (Å²) in [6.07, 6.45) is 3.41. The van der Waals surface area contributed by atoms with Gasteiger partial charge in [-0.15, -0.1) is 0 Å². The lowest BCUT2D eigenvalue weighted by atomic mass is 10.1. The van der Waals surface area contributed by atoms with Gasteiger partial charge in [0.15, 0.2) is 11.6 Å². The first-order valence-corrected chi connectivity index (χ1v) is 8.97. The SMILES string of the molecule is Cc1ccc(F)c(-c2ncccc2Nc2c(F)cnc3cnn(C[C@H](C)O)c23)n1. The van der Waals surface area contributed by atoms with Crippen LogP contribution in [0.2, 0.25) is 0 Å². The van der Waals surface area contributed by atoms with Gasteiger partial charge in [-0.25, -0.2) is 18.7 Å². The number of halogens is 2. The fourth-order valence-electron chi connectivity index (χ4n) is 3.07. The van der Waals surface area contributed by atoms with E-state index in [1.165, 1.54) is 23.1 Å². The number of aliphatic hydroxyl groups excluding tert-OH is 1. The van der Waals surface area contributed by atoms with E-state index in [1.54, 1.807) is 32.0 Å². The van der Waals surface area contributed by atoms with Gasteiger partial charge in [0.05, 0.1) is 30.7 Å². The number of pyridine rings is 3. The van der Waals surface area contributed by atoms with Gasteiger partial charge in [-0.1, -0.05) is 0 Å². The summed E-state index contributed by atoms with van der Waals surface area (Å²) in [7, 11) is 0. The lowest BCUT2D eigenvalue weighted by Gasteiger charge is -2.15. The van der Waals surface area contributed by atoms with Crippen LogP contribution in [0.3, 0.4) is 0 Å². The van der Waals surface area contributed by atoms with Gasteiger partial charge in [-0.05, 0) is 38.1 Å². The number of fused-ring (bicyclic) bond motifs is 1. The zero-order valence-electron chi connectivity index (χ0n) is 15.8. The van der Waals surface area contributed by atoms with Crippen LogP contribution >= 0.6 is 0 Å². The Morgan fingerprint density at radius 1 is 1.10 bits per heavy atom. The molecule has 0 aromatic carbocycles. The van der Waals surface area contributed by atoms with Crippen LogP contribution in [0.5, 0.6) is 0 Å². The molecule has 7 nitrogen and oxygen atoms in total. The van der Waals surface area contributed by atoms with E-state index in [0.29, 0.717) is 22.4 Å². The van der Waals surface area contributed by atoms with Gasteiger partial charge in [0.1, 0.15) is 28.1 Å². The highest BCUT2D eigenvalue weighted by Gasteiger charge is 2.19. The van der Waals surface area contributed by atoms with E-state index in [4.69, 9.17) is 0 Å². The van der Waals surface area contributed by atoms with Crippen LogP contribution in [0.1, 0.15) is 12.6 Å². The van der Waals surface area contributed by atoms with E-state index < -0.39 is 17.7 Å². The molecular weight excluding hydrogens is 378 g/mol. The number of aryl methyl sites for hydroxylation is 1. The molecule has 9 heteroatoms. The average molecular weight is 396 g/mol. The summed E-state index contributed by atoms with van der Waals surface area (Å²) in [5, 5.41) is 16.9. The second-order valence-corrected chi connectivity index (χ2v) is 6.70. The highest BCUT2D eigenvalue weighted by atomic mass is 19.1. The summed E-state index contributed by atoms with van der Waals surface area (Å²) < 4.78 is 30.6. The van der Waals surface area contributed by atoms with Gasteiger partial charge in [-0.2, -0.15) is 5.10 Å². The van der Waals surface area contributed by atoms with Crippen molar-refractivity contribution in [3.8, 4) is 11.4 Å². The van der Waals surface area contributed by atoms with E-state index in [0.717, 1.165) is 6.20 Å². The minimum absolute atomic E-state index is 0.0660. The van der Waals surface area contributed by atoms with Gasteiger partial charge in [0.2, 0.25) is 0 Å². The van der Waals surface area contributed by atoms with E-state index in [-0.39, 0.29) is 23.6 Å². The predicted molar refractivity (Wildman–Crippen MR) is 105 cm³/mol. The number of hydrogen-bond acceptors (Lipinski definition) is 6. The minimum atomic E-state index is -0.686. The van der Waals surface area contributed by atoms with Gasteiger partial charge < -0.3 is 10.4 Å². The Morgan fingerprint density at radius 3 is 2.72 bits per heavy atom. The maximum Gasteiger partial charge on any atom is 0.167 e. The standard InChI is InChI=1S/C20H18F2N6O/c1-11-5-6-13(21)17(26-11)19-15(4-3-7-23-19)27-18-14(22)8-24-16-9-25-28(20(16)18)10-12(2)29/h3-9,12,29H,10H2,1-2H3,(H,24,27)/t12-/m0/s1. The van der Waals surface area contributed by atoms with Crippen LogP contribution in [-0.4, -0.2) is 35.9 Å². The molecule has 0 aliphatic heterocycles. The van der Waals surface area contributed by atoms with Crippen molar-refractivity contribution >= 4 is 22.4 Å². The normalized spacial score (nSPS) is 12.3. The highest BCUT2D eigenvalue weighted by Crippen LogP contribution is 2.33. The summed E-state index contributed by atoms with van der Waals surface area (Å²) in [6.45, 7) is 3.52. The largest absolute Gasteiger partial charge is 0.391 e. The molecule has 148 valence electrons. The first-order valence-electron chi connectivity index (χ1n) is 8.97. The molecule has 4 heterocycles. The maximum atomic E-state index is 14.7. The minimum Gasteiger partial charge on any atom is -0.391 e. The van der Waals surface area contributed by atoms with Crippen LogP contribution in [0.15, 0.2) is 42.9 Å². The number of anilines is 2. The molecule has 0 amide bonds. The number of hydrogen-bond donors (Lipinski definition) is 2. The van der Waals surface area contributed by atoms with Crippen molar-refractivity contribution in [3.63, 3.8) is 0 Å². The molecule has 4 aromatic heterocycles. The summed E-state index contributed by atoms with van der Waals surface area (Å²) in [6, 6.07) is 6.20. The Hall–Kier alpha value is -3.46. The molecule has 0 bridgehead atoms. The maximum absolute atomic E-state index is 14.7. The van der Waals surface area contributed by atoms with E-state index in [9.17, 15) is 13.9 Å². The van der Waals surface area contributed by atoms with Crippen molar-refractivity contribution in [2.75, 3.05) is 5.32 Å². The molecule has 4 rings (SSSR count). The molecule has 29 heavy (non-hydrogen) atoms. The van der Waals surface area contributed by atoms with E-state index >= 15 is 0 Å². The lowest BCUT2D eigenvalue weighted by molar-refractivity contribution is 0.170. The number of aliphatic hydroxyl groups is 1.